The van der Waals surface area contributed by atoms with Crippen molar-refractivity contribution in [1.29, 1.82) is 0 Å². The molecule has 0 aliphatic carbocycles. The molecular formula is C29H38N6O2S. The van der Waals surface area contributed by atoms with Gasteiger partial charge in [0.2, 0.25) is 5.91 Å². The van der Waals surface area contributed by atoms with Crippen molar-refractivity contribution >= 4 is 29.0 Å². The zero-order valence-electron chi connectivity index (χ0n) is 22.7. The van der Waals surface area contributed by atoms with Crippen molar-refractivity contribution < 1.29 is 9.59 Å². The lowest BCUT2D eigenvalue weighted by molar-refractivity contribution is -0.116. The highest BCUT2D eigenvalue weighted by Gasteiger charge is 2.21. The molecular weight excluding hydrogens is 496 g/mol. The number of hydrogen-bond acceptors (Lipinski definition) is 7. The van der Waals surface area contributed by atoms with E-state index < -0.39 is 0 Å². The van der Waals surface area contributed by atoms with E-state index >= 15 is 0 Å². The van der Waals surface area contributed by atoms with Crippen LogP contribution in [0.1, 0.15) is 90.8 Å². The summed E-state index contributed by atoms with van der Waals surface area (Å²) in [6, 6.07) is 9.78. The molecule has 1 aromatic carbocycles. The molecule has 202 valence electrons. The summed E-state index contributed by atoms with van der Waals surface area (Å²) in [5.41, 5.74) is 4.54. The Morgan fingerprint density at radius 1 is 1.08 bits per heavy atom. The van der Waals surface area contributed by atoms with E-state index in [-0.39, 0.29) is 17.7 Å². The number of carbonyl (C=O) groups is 2. The van der Waals surface area contributed by atoms with Crippen LogP contribution >= 0.6 is 11.5 Å². The maximum absolute atomic E-state index is 13.2. The molecule has 0 atom stereocenters. The second-order valence-electron chi connectivity index (χ2n) is 10.3. The van der Waals surface area contributed by atoms with Gasteiger partial charge in [-0.2, -0.15) is 0 Å². The number of nitrogens with one attached hydrogen (secondary N) is 1. The van der Waals surface area contributed by atoms with E-state index in [9.17, 15) is 9.59 Å². The van der Waals surface area contributed by atoms with E-state index in [1.165, 1.54) is 24.4 Å². The van der Waals surface area contributed by atoms with Crippen LogP contribution in [0.5, 0.6) is 0 Å². The van der Waals surface area contributed by atoms with Crippen molar-refractivity contribution in [2.75, 3.05) is 18.0 Å². The molecule has 8 nitrogen and oxygen atoms in total. The first-order valence-corrected chi connectivity index (χ1v) is 14.3. The maximum atomic E-state index is 13.2. The maximum Gasteiger partial charge on any atom is 0.251 e. The van der Waals surface area contributed by atoms with E-state index in [1.54, 1.807) is 13.1 Å². The number of benzene rings is 1. The van der Waals surface area contributed by atoms with Gasteiger partial charge in [0.05, 0.1) is 17.1 Å². The van der Waals surface area contributed by atoms with Crippen LogP contribution in [-0.4, -0.2) is 44.4 Å². The Kier molecular flexibility index (Phi) is 9.95. The van der Waals surface area contributed by atoms with Crippen molar-refractivity contribution in [2.45, 2.75) is 78.4 Å². The molecule has 0 radical (unpaired) electrons. The number of carbonyl (C=O) groups excluding carboxylic acids is 2. The molecule has 2 aromatic heterocycles. The molecule has 38 heavy (non-hydrogen) atoms. The van der Waals surface area contributed by atoms with Crippen LogP contribution in [-0.2, 0) is 24.4 Å². The summed E-state index contributed by atoms with van der Waals surface area (Å²) in [5.74, 6) is 0.134. The summed E-state index contributed by atoms with van der Waals surface area (Å²) in [6.45, 7) is 9.21. The summed E-state index contributed by atoms with van der Waals surface area (Å²) in [6.07, 6.45) is 9.23. The van der Waals surface area contributed by atoms with Crippen LogP contribution in [0.4, 0.5) is 5.69 Å². The molecule has 0 spiro atoms. The highest BCUT2D eigenvalue weighted by molar-refractivity contribution is 7.05. The first-order chi connectivity index (χ1) is 18.4. The Morgan fingerprint density at radius 2 is 1.87 bits per heavy atom. The Labute approximate surface area is 229 Å². The highest BCUT2D eigenvalue weighted by atomic mass is 32.1. The Balaban J connectivity index is 1.61. The molecule has 3 aromatic rings. The molecule has 0 saturated carbocycles. The monoisotopic (exact) mass is 534 g/mol. The topological polar surface area (TPSA) is 91.3 Å². The van der Waals surface area contributed by atoms with Crippen LogP contribution in [0.25, 0.3) is 0 Å². The largest absolute Gasteiger partial charge is 0.347 e. The van der Waals surface area contributed by atoms with E-state index in [0.717, 1.165) is 59.7 Å². The van der Waals surface area contributed by atoms with Crippen molar-refractivity contribution in [1.82, 2.24) is 24.8 Å². The third-order valence-electron chi connectivity index (χ3n) is 6.93. The van der Waals surface area contributed by atoms with E-state index in [2.05, 4.69) is 44.7 Å². The molecule has 1 N–H and O–H groups in total. The van der Waals surface area contributed by atoms with Gasteiger partial charge in [-0.3, -0.25) is 19.5 Å². The van der Waals surface area contributed by atoms with E-state index in [4.69, 9.17) is 0 Å². The minimum atomic E-state index is -0.143. The fourth-order valence-corrected chi connectivity index (χ4v) is 5.68. The average Bonchev–Trinajstić information content (AvgIpc) is 3.38. The second kappa shape index (κ2) is 13.6. The Hall–Kier alpha value is -3.17. The molecule has 0 saturated heterocycles. The van der Waals surface area contributed by atoms with Gasteiger partial charge in [-0.05, 0) is 72.2 Å². The summed E-state index contributed by atoms with van der Waals surface area (Å²) in [4.78, 5) is 35.5. The SMILES string of the molecule is CC(=O)N1CCCCCCCN(Cc2cccnc2)Cc2cc(C(=O)NCc3snnc3C(C)C)ccc21. The van der Waals surface area contributed by atoms with Crippen LogP contribution in [0, 0.1) is 0 Å². The summed E-state index contributed by atoms with van der Waals surface area (Å²) in [5, 5.41) is 7.26. The van der Waals surface area contributed by atoms with Gasteiger partial charge in [-0.1, -0.05) is 43.7 Å². The van der Waals surface area contributed by atoms with Crippen LogP contribution in [0.15, 0.2) is 42.7 Å². The molecule has 4 rings (SSSR count). The highest BCUT2D eigenvalue weighted by Crippen LogP contribution is 2.27. The number of pyridine rings is 1. The molecule has 2 amide bonds. The Morgan fingerprint density at radius 3 is 2.61 bits per heavy atom. The predicted molar refractivity (Wildman–Crippen MR) is 151 cm³/mol. The molecule has 0 fully saturated rings. The average molecular weight is 535 g/mol. The third kappa shape index (κ3) is 7.45. The molecule has 1 aliphatic rings. The van der Waals surface area contributed by atoms with E-state index in [1.807, 2.05) is 35.4 Å². The minimum Gasteiger partial charge on any atom is -0.347 e. The number of rotatable bonds is 6. The smallest absolute Gasteiger partial charge is 0.251 e. The molecule has 0 unspecified atom stereocenters. The van der Waals surface area contributed by atoms with Crippen LogP contribution in [0.2, 0.25) is 0 Å². The minimum absolute atomic E-state index is 0.0261. The van der Waals surface area contributed by atoms with Gasteiger partial charge in [-0.25, -0.2) is 0 Å². The fraction of sp³-hybridized carbons (Fsp3) is 0.483. The lowest BCUT2D eigenvalue weighted by Gasteiger charge is -2.29. The molecule has 0 bridgehead atoms. The van der Waals surface area contributed by atoms with Gasteiger partial charge in [0.1, 0.15) is 0 Å². The van der Waals surface area contributed by atoms with Crippen molar-refractivity contribution in [3.63, 3.8) is 0 Å². The van der Waals surface area contributed by atoms with Gasteiger partial charge in [-0.15, -0.1) is 5.10 Å². The predicted octanol–water partition coefficient (Wildman–Crippen LogP) is 5.31. The summed E-state index contributed by atoms with van der Waals surface area (Å²) < 4.78 is 4.06. The van der Waals surface area contributed by atoms with Crippen molar-refractivity contribution in [3.8, 4) is 0 Å². The zero-order chi connectivity index (χ0) is 26.9. The van der Waals surface area contributed by atoms with Gasteiger partial charge in [0, 0.05) is 50.2 Å². The van der Waals surface area contributed by atoms with Gasteiger partial charge in [0.15, 0.2) is 0 Å². The summed E-state index contributed by atoms with van der Waals surface area (Å²) >= 11 is 1.32. The fourth-order valence-electron chi connectivity index (χ4n) is 4.94. The van der Waals surface area contributed by atoms with Gasteiger partial charge >= 0.3 is 0 Å². The molecule has 3 heterocycles. The summed E-state index contributed by atoms with van der Waals surface area (Å²) in [7, 11) is 0. The van der Waals surface area contributed by atoms with Crippen LogP contribution in [0.3, 0.4) is 0 Å². The number of nitrogens with zero attached hydrogens (tertiary/aromatic N) is 5. The zero-order valence-corrected chi connectivity index (χ0v) is 23.5. The third-order valence-corrected chi connectivity index (χ3v) is 7.67. The standard InChI is InChI=1S/C29H38N6O2S/c1-21(2)28-27(38-33-32-28)18-31-29(37)24-11-12-26-25(16-24)20-34(19-23-10-9-13-30-17-23)14-7-5-4-6-8-15-35(26)22(3)36/h9-13,16-17,21H,4-8,14-15,18-20H2,1-3H3,(H,31,37). The normalized spacial score (nSPS) is 15.4. The number of hydrogen-bond donors (Lipinski definition) is 1. The molecule has 9 heteroatoms. The second-order valence-corrected chi connectivity index (χ2v) is 11.1. The first kappa shape index (κ1) is 27.9. The lowest BCUT2D eigenvalue weighted by atomic mass is 10.0. The van der Waals surface area contributed by atoms with Crippen LogP contribution < -0.4 is 10.2 Å². The van der Waals surface area contributed by atoms with Crippen molar-refractivity contribution in [2.24, 2.45) is 0 Å². The van der Waals surface area contributed by atoms with Gasteiger partial charge in [0.25, 0.3) is 5.91 Å². The number of aromatic nitrogens is 3. The number of anilines is 1. The number of fused-ring (bicyclic) bond motifs is 1. The van der Waals surface area contributed by atoms with Crippen molar-refractivity contribution in [3.05, 3.63) is 70.0 Å². The Bertz CT molecular complexity index is 1210. The number of amides is 2. The first-order valence-electron chi connectivity index (χ1n) is 13.5. The van der Waals surface area contributed by atoms with E-state index in [0.29, 0.717) is 25.2 Å². The quantitative estimate of drug-likeness (QED) is 0.461. The van der Waals surface area contributed by atoms with Gasteiger partial charge < -0.3 is 10.2 Å². The molecule has 1 aliphatic heterocycles. The lowest BCUT2D eigenvalue weighted by Crippen LogP contribution is -2.33.